The Morgan fingerprint density at radius 3 is 2.47 bits per heavy atom. The van der Waals surface area contributed by atoms with Crippen molar-refractivity contribution in [1.29, 1.82) is 0 Å². The number of rotatable bonds is 4. The molecule has 19 heavy (non-hydrogen) atoms. The predicted octanol–water partition coefficient (Wildman–Crippen LogP) is 3.68. The van der Waals surface area contributed by atoms with Gasteiger partial charge in [0.1, 0.15) is 5.75 Å². The van der Waals surface area contributed by atoms with E-state index in [2.05, 4.69) is 21.2 Å². The van der Waals surface area contributed by atoms with Crippen molar-refractivity contribution in [3.8, 4) is 5.75 Å². The number of halogens is 1. The number of anilines is 1. The Balaban J connectivity index is 2.06. The summed E-state index contributed by atoms with van der Waals surface area (Å²) in [5.41, 5.74) is 1.83. The molecule has 0 bridgehead atoms. The van der Waals surface area contributed by atoms with Crippen molar-refractivity contribution in [1.82, 2.24) is 0 Å². The second-order valence-corrected chi connectivity index (χ2v) is 4.80. The minimum absolute atomic E-state index is 0.0372. The van der Waals surface area contributed by atoms with E-state index in [0.29, 0.717) is 11.0 Å². The summed E-state index contributed by atoms with van der Waals surface area (Å²) in [4.78, 5) is 10.2. The Bertz CT molecular complexity index is 599. The highest BCUT2D eigenvalue weighted by atomic mass is 79.9. The van der Waals surface area contributed by atoms with E-state index in [0.717, 1.165) is 11.3 Å². The van der Waals surface area contributed by atoms with E-state index in [4.69, 9.17) is 0 Å². The zero-order valence-electron chi connectivity index (χ0n) is 9.84. The van der Waals surface area contributed by atoms with Crippen molar-refractivity contribution < 1.29 is 10.0 Å². The van der Waals surface area contributed by atoms with Gasteiger partial charge >= 0.3 is 0 Å². The van der Waals surface area contributed by atoms with Crippen LogP contribution in [0.5, 0.6) is 5.75 Å². The van der Waals surface area contributed by atoms with Crippen LogP contribution < -0.4 is 5.32 Å². The first-order valence-electron chi connectivity index (χ1n) is 5.52. The van der Waals surface area contributed by atoms with Gasteiger partial charge in [0, 0.05) is 18.3 Å². The van der Waals surface area contributed by atoms with E-state index < -0.39 is 4.92 Å². The fourth-order valence-electron chi connectivity index (χ4n) is 1.58. The Morgan fingerprint density at radius 1 is 1.21 bits per heavy atom. The highest BCUT2D eigenvalue weighted by Crippen LogP contribution is 2.27. The average Bonchev–Trinajstić information content (AvgIpc) is 2.37. The quantitative estimate of drug-likeness (QED) is 0.665. The maximum atomic E-state index is 10.7. The molecule has 0 saturated heterocycles. The summed E-state index contributed by atoms with van der Waals surface area (Å²) in [5, 5.41) is 23.0. The topological polar surface area (TPSA) is 75.4 Å². The van der Waals surface area contributed by atoms with Crippen LogP contribution in [0.4, 0.5) is 11.4 Å². The molecule has 0 amide bonds. The minimum Gasteiger partial charge on any atom is -0.508 e. The molecule has 0 aliphatic carbocycles. The van der Waals surface area contributed by atoms with Gasteiger partial charge in [0.25, 0.3) is 5.69 Å². The molecule has 0 heterocycles. The molecule has 2 aromatic rings. The van der Waals surface area contributed by atoms with Crippen molar-refractivity contribution in [3.63, 3.8) is 0 Å². The van der Waals surface area contributed by atoms with Crippen molar-refractivity contribution in [2.24, 2.45) is 0 Å². The van der Waals surface area contributed by atoms with Gasteiger partial charge in [0.05, 0.1) is 9.40 Å². The number of nitrogens with zero attached hydrogens (tertiary/aromatic N) is 1. The van der Waals surface area contributed by atoms with E-state index in [1.165, 1.54) is 6.07 Å². The Morgan fingerprint density at radius 2 is 1.89 bits per heavy atom. The lowest BCUT2D eigenvalue weighted by atomic mass is 10.2. The number of hydrogen-bond donors (Lipinski definition) is 2. The van der Waals surface area contributed by atoms with Crippen molar-refractivity contribution in [3.05, 3.63) is 62.6 Å². The van der Waals surface area contributed by atoms with E-state index in [1.54, 1.807) is 24.3 Å². The molecule has 2 rings (SSSR count). The molecule has 0 aliphatic rings. The first-order valence-corrected chi connectivity index (χ1v) is 6.31. The van der Waals surface area contributed by atoms with Crippen LogP contribution >= 0.6 is 15.9 Å². The summed E-state index contributed by atoms with van der Waals surface area (Å²) in [5.74, 6) is 0.224. The van der Waals surface area contributed by atoms with E-state index in [1.807, 2.05) is 12.1 Å². The average molecular weight is 323 g/mol. The Labute approximate surface area is 118 Å². The van der Waals surface area contributed by atoms with Crippen LogP contribution in [0.15, 0.2) is 46.9 Å². The summed E-state index contributed by atoms with van der Waals surface area (Å²) in [7, 11) is 0. The van der Waals surface area contributed by atoms with Crippen LogP contribution in [-0.2, 0) is 6.54 Å². The summed E-state index contributed by atoms with van der Waals surface area (Å²) < 4.78 is 0.438. The lowest BCUT2D eigenvalue weighted by molar-refractivity contribution is -0.385. The normalized spacial score (nSPS) is 10.2. The lowest BCUT2D eigenvalue weighted by Crippen LogP contribution is -1.99. The number of aromatic hydroxyl groups is 1. The molecule has 0 unspecified atom stereocenters. The van der Waals surface area contributed by atoms with Gasteiger partial charge in [-0.1, -0.05) is 12.1 Å². The predicted molar refractivity (Wildman–Crippen MR) is 76.2 cm³/mol. The summed E-state index contributed by atoms with van der Waals surface area (Å²) >= 11 is 3.17. The zero-order valence-corrected chi connectivity index (χ0v) is 11.4. The van der Waals surface area contributed by atoms with Crippen LogP contribution in [0.1, 0.15) is 5.56 Å². The molecule has 0 saturated carbocycles. The first kappa shape index (κ1) is 13.4. The van der Waals surface area contributed by atoms with Crippen LogP contribution in [0, 0.1) is 10.1 Å². The number of phenolic OH excluding ortho intramolecular Hbond substituents is 1. The zero-order chi connectivity index (χ0) is 13.8. The Kier molecular flexibility index (Phi) is 4.01. The van der Waals surface area contributed by atoms with Gasteiger partial charge in [-0.2, -0.15) is 0 Å². The number of phenols is 1. The molecule has 0 fully saturated rings. The molecule has 0 aliphatic heterocycles. The molecule has 2 N–H and O–H groups in total. The van der Waals surface area contributed by atoms with Crippen LogP contribution in [0.3, 0.4) is 0 Å². The number of nitro benzene ring substituents is 1. The summed E-state index contributed by atoms with van der Waals surface area (Å²) in [6.45, 7) is 0.574. The van der Waals surface area contributed by atoms with Crippen LogP contribution in [0.25, 0.3) is 0 Å². The van der Waals surface area contributed by atoms with Gasteiger partial charge < -0.3 is 10.4 Å². The molecule has 6 heteroatoms. The molecular weight excluding hydrogens is 312 g/mol. The molecule has 0 radical (unpaired) electrons. The second-order valence-electron chi connectivity index (χ2n) is 3.94. The maximum absolute atomic E-state index is 10.7. The third-order valence-corrected chi connectivity index (χ3v) is 3.21. The third kappa shape index (κ3) is 3.45. The number of hydrogen-bond acceptors (Lipinski definition) is 4. The molecule has 2 aromatic carbocycles. The first-order chi connectivity index (χ1) is 9.06. The molecule has 5 nitrogen and oxygen atoms in total. The highest BCUT2D eigenvalue weighted by molar-refractivity contribution is 9.10. The second kappa shape index (κ2) is 5.71. The van der Waals surface area contributed by atoms with E-state index >= 15 is 0 Å². The van der Waals surface area contributed by atoms with Crippen molar-refractivity contribution >= 4 is 27.3 Å². The van der Waals surface area contributed by atoms with Gasteiger partial charge in [-0.05, 0) is 45.8 Å². The van der Waals surface area contributed by atoms with Gasteiger partial charge in [-0.3, -0.25) is 10.1 Å². The standard InChI is InChI=1S/C13H11BrN2O3/c14-12-7-10(3-6-13(12)16(18)19)15-8-9-1-4-11(17)5-2-9/h1-7,15,17H,8H2. The number of nitrogens with one attached hydrogen (secondary N) is 1. The SMILES string of the molecule is O=[N+]([O-])c1ccc(NCc2ccc(O)cc2)cc1Br. The smallest absolute Gasteiger partial charge is 0.283 e. The van der Waals surface area contributed by atoms with E-state index in [-0.39, 0.29) is 11.4 Å². The maximum Gasteiger partial charge on any atom is 0.283 e. The molecule has 0 spiro atoms. The molecule has 98 valence electrons. The van der Waals surface area contributed by atoms with Crippen molar-refractivity contribution in [2.75, 3.05) is 5.32 Å². The lowest BCUT2D eigenvalue weighted by Gasteiger charge is -2.07. The van der Waals surface area contributed by atoms with Gasteiger partial charge in [0.15, 0.2) is 0 Å². The number of nitro groups is 1. The molecule has 0 aromatic heterocycles. The van der Waals surface area contributed by atoms with Crippen LogP contribution in [-0.4, -0.2) is 10.0 Å². The van der Waals surface area contributed by atoms with Crippen LogP contribution in [0.2, 0.25) is 0 Å². The third-order valence-electron chi connectivity index (χ3n) is 2.58. The highest BCUT2D eigenvalue weighted by Gasteiger charge is 2.11. The number of benzene rings is 2. The van der Waals surface area contributed by atoms with Crippen molar-refractivity contribution in [2.45, 2.75) is 6.54 Å². The summed E-state index contributed by atoms with van der Waals surface area (Å²) in [6.07, 6.45) is 0. The minimum atomic E-state index is -0.437. The van der Waals surface area contributed by atoms with Gasteiger partial charge in [-0.25, -0.2) is 0 Å². The fraction of sp³-hybridized carbons (Fsp3) is 0.0769. The largest absolute Gasteiger partial charge is 0.508 e. The Hall–Kier alpha value is -2.08. The fourth-order valence-corrected chi connectivity index (χ4v) is 2.11. The van der Waals surface area contributed by atoms with Gasteiger partial charge in [0.2, 0.25) is 0 Å². The molecule has 0 atom stereocenters. The monoisotopic (exact) mass is 322 g/mol. The molecular formula is C13H11BrN2O3. The van der Waals surface area contributed by atoms with E-state index in [9.17, 15) is 15.2 Å². The van der Waals surface area contributed by atoms with Gasteiger partial charge in [-0.15, -0.1) is 0 Å². The summed E-state index contributed by atoms with van der Waals surface area (Å²) in [6, 6.07) is 11.6.